The molecule has 2 N–H and O–H groups in total. The van der Waals surface area contributed by atoms with Gasteiger partial charge in [0.25, 0.3) is 0 Å². The standard InChI is InChI=1S/C13H20N4O2/c1-9-4-3-7-16(12(9)8-14)13-11(17(18)19)6-5-10(2)15-13/h5-6,9,12H,3-4,7-8,14H2,1-2H3. The number of hydrogen-bond acceptors (Lipinski definition) is 5. The molecule has 0 bridgehead atoms. The highest BCUT2D eigenvalue weighted by molar-refractivity contribution is 5.59. The van der Waals surface area contributed by atoms with Crippen LogP contribution in [0.1, 0.15) is 25.5 Å². The van der Waals surface area contributed by atoms with Gasteiger partial charge in [-0.3, -0.25) is 10.1 Å². The Bertz CT molecular complexity index is 478. The van der Waals surface area contributed by atoms with Crippen LogP contribution in [0.2, 0.25) is 0 Å². The Hall–Kier alpha value is -1.69. The van der Waals surface area contributed by atoms with E-state index in [-0.39, 0.29) is 16.7 Å². The molecule has 0 aliphatic carbocycles. The summed E-state index contributed by atoms with van der Waals surface area (Å²) in [7, 11) is 0. The molecule has 1 saturated heterocycles. The Labute approximate surface area is 112 Å². The fourth-order valence-corrected chi connectivity index (χ4v) is 2.76. The van der Waals surface area contributed by atoms with Crippen molar-refractivity contribution in [3.8, 4) is 0 Å². The van der Waals surface area contributed by atoms with Crippen molar-refractivity contribution in [2.45, 2.75) is 32.7 Å². The summed E-state index contributed by atoms with van der Waals surface area (Å²) in [5.41, 5.74) is 6.70. The van der Waals surface area contributed by atoms with Crippen LogP contribution in [-0.2, 0) is 0 Å². The third kappa shape index (κ3) is 2.68. The number of piperidine rings is 1. The van der Waals surface area contributed by atoms with Crippen LogP contribution < -0.4 is 10.6 Å². The van der Waals surface area contributed by atoms with Gasteiger partial charge in [-0.15, -0.1) is 0 Å². The Balaban J connectivity index is 2.43. The van der Waals surface area contributed by atoms with Gasteiger partial charge in [0.2, 0.25) is 5.82 Å². The molecule has 1 aromatic rings. The van der Waals surface area contributed by atoms with Crippen LogP contribution in [-0.4, -0.2) is 29.0 Å². The first-order valence-electron chi connectivity index (χ1n) is 6.63. The van der Waals surface area contributed by atoms with Crippen molar-refractivity contribution in [1.29, 1.82) is 0 Å². The summed E-state index contributed by atoms with van der Waals surface area (Å²) >= 11 is 0. The maximum atomic E-state index is 11.2. The number of nitrogens with zero attached hydrogens (tertiary/aromatic N) is 3. The predicted octanol–water partition coefficient (Wildman–Crippen LogP) is 1.86. The number of hydrogen-bond donors (Lipinski definition) is 1. The van der Waals surface area contributed by atoms with Gasteiger partial charge in [-0.05, 0) is 31.7 Å². The van der Waals surface area contributed by atoms with Crippen molar-refractivity contribution in [2.75, 3.05) is 18.0 Å². The molecule has 1 fully saturated rings. The lowest BCUT2D eigenvalue weighted by atomic mass is 9.90. The van der Waals surface area contributed by atoms with Crippen molar-refractivity contribution < 1.29 is 4.92 Å². The first-order valence-corrected chi connectivity index (χ1v) is 6.63. The number of nitrogens with two attached hydrogens (primary N) is 1. The Kier molecular flexibility index (Phi) is 3.99. The zero-order valence-electron chi connectivity index (χ0n) is 11.4. The molecule has 1 aliphatic heterocycles. The van der Waals surface area contributed by atoms with Crippen LogP contribution in [0.5, 0.6) is 0 Å². The topological polar surface area (TPSA) is 85.3 Å². The summed E-state index contributed by atoms with van der Waals surface area (Å²) in [6, 6.07) is 3.33. The minimum absolute atomic E-state index is 0.0677. The molecule has 1 aliphatic rings. The molecule has 0 amide bonds. The first-order chi connectivity index (χ1) is 9.04. The molecule has 1 aromatic heterocycles. The van der Waals surface area contributed by atoms with E-state index in [1.807, 2.05) is 11.8 Å². The van der Waals surface area contributed by atoms with Crippen LogP contribution in [0.15, 0.2) is 12.1 Å². The Morgan fingerprint density at radius 2 is 2.32 bits per heavy atom. The molecule has 0 radical (unpaired) electrons. The number of aryl methyl sites for hydroxylation is 1. The minimum atomic E-state index is -0.366. The molecule has 104 valence electrons. The van der Waals surface area contributed by atoms with Crippen molar-refractivity contribution in [1.82, 2.24) is 4.98 Å². The lowest BCUT2D eigenvalue weighted by Crippen LogP contribution is -2.49. The van der Waals surface area contributed by atoms with Crippen LogP contribution in [0.3, 0.4) is 0 Å². The van der Waals surface area contributed by atoms with E-state index >= 15 is 0 Å². The molecule has 19 heavy (non-hydrogen) atoms. The van der Waals surface area contributed by atoms with E-state index in [9.17, 15) is 10.1 Å². The lowest BCUT2D eigenvalue weighted by Gasteiger charge is -2.39. The van der Waals surface area contributed by atoms with E-state index < -0.39 is 0 Å². The van der Waals surface area contributed by atoms with Gasteiger partial charge in [-0.2, -0.15) is 0 Å². The summed E-state index contributed by atoms with van der Waals surface area (Å²) in [6.07, 6.45) is 2.13. The summed E-state index contributed by atoms with van der Waals surface area (Å²) < 4.78 is 0. The highest BCUT2D eigenvalue weighted by atomic mass is 16.6. The van der Waals surface area contributed by atoms with Crippen molar-refractivity contribution in [3.63, 3.8) is 0 Å². The first kappa shape index (κ1) is 13.7. The summed E-state index contributed by atoms with van der Waals surface area (Å²) in [5.74, 6) is 0.896. The molecule has 2 unspecified atom stereocenters. The second-order valence-electron chi connectivity index (χ2n) is 5.17. The number of nitro groups is 1. The van der Waals surface area contributed by atoms with Gasteiger partial charge in [-0.25, -0.2) is 4.98 Å². The third-order valence-electron chi connectivity index (χ3n) is 3.82. The Morgan fingerprint density at radius 1 is 1.58 bits per heavy atom. The normalized spacial score (nSPS) is 23.4. The van der Waals surface area contributed by atoms with Gasteiger partial charge in [0.15, 0.2) is 0 Å². The Morgan fingerprint density at radius 3 is 2.95 bits per heavy atom. The van der Waals surface area contributed by atoms with E-state index in [0.29, 0.717) is 18.3 Å². The number of anilines is 1. The quantitative estimate of drug-likeness (QED) is 0.665. The number of rotatable bonds is 3. The average Bonchev–Trinajstić information content (AvgIpc) is 2.37. The highest BCUT2D eigenvalue weighted by Crippen LogP contribution is 2.33. The van der Waals surface area contributed by atoms with Gasteiger partial charge in [0, 0.05) is 30.9 Å². The van der Waals surface area contributed by atoms with E-state index in [4.69, 9.17) is 5.73 Å². The highest BCUT2D eigenvalue weighted by Gasteiger charge is 2.32. The van der Waals surface area contributed by atoms with Crippen molar-refractivity contribution >= 4 is 11.5 Å². The van der Waals surface area contributed by atoms with E-state index in [1.54, 1.807) is 6.07 Å². The van der Waals surface area contributed by atoms with Crippen LogP contribution in [0, 0.1) is 23.0 Å². The van der Waals surface area contributed by atoms with Gasteiger partial charge in [0.05, 0.1) is 4.92 Å². The average molecular weight is 264 g/mol. The summed E-state index contributed by atoms with van der Waals surface area (Å²) in [6.45, 7) is 5.26. The second kappa shape index (κ2) is 5.52. The van der Waals surface area contributed by atoms with Crippen molar-refractivity contribution in [2.24, 2.45) is 11.7 Å². The zero-order chi connectivity index (χ0) is 14.0. The van der Waals surface area contributed by atoms with Gasteiger partial charge in [-0.1, -0.05) is 6.92 Å². The maximum Gasteiger partial charge on any atom is 0.311 e. The maximum absolute atomic E-state index is 11.2. The molecule has 0 saturated carbocycles. The SMILES string of the molecule is Cc1ccc([N+](=O)[O-])c(N2CCCC(C)C2CN)n1. The smallest absolute Gasteiger partial charge is 0.311 e. The predicted molar refractivity (Wildman–Crippen MR) is 74.2 cm³/mol. The molecular formula is C13H20N4O2. The molecule has 6 heteroatoms. The molecule has 2 rings (SSSR count). The molecule has 2 atom stereocenters. The summed E-state index contributed by atoms with van der Waals surface area (Å²) in [5, 5.41) is 11.2. The monoisotopic (exact) mass is 264 g/mol. The molecule has 0 spiro atoms. The molecule has 0 aromatic carbocycles. The van der Waals surface area contributed by atoms with Crippen molar-refractivity contribution in [3.05, 3.63) is 27.9 Å². The fourth-order valence-electron chi connectivity index (χ4n) is 2.76. The zero-order valence-corrected chi connectivity index (χ0v) is 11.4. The van der Waals surface area contributed by atoms with Gasteiger partial charge >= 0.3 is 5.69 Å². The fraction of sp³-hybridized carbons (Fsp3) is 0.615. The minimum Gasteiger partial charge on any atom is -0.346 e. The second-order valence-corrected chi connectivity index (χ2v) is 5.17. The van der Waals surface area contributed by atoms with E-state index in [0.717, 1.165) is 25.1 Å². The number of aromatic nitrogens is 1. The van der Waals surface area contributed by atoms with Crippen LogP contribution >= 0.6 is 0 Å². The number of pyridine rings is 1. The van der Waals surface area contributed by atoms with Gasteiger partial charge in [0.1, 0.15) is 0 Å². The van der Waals surface area contributed by atoms with E-state index in [1.165, 1.54) is 6.07 Å². The largest absolute Gasteiger partial charge is 0.346 e. The summed E-state index contributed by atoms with van der Waals surface area (Å²) in [4.78, 5) is 17.2. The molecular weight excluding hydrogens is 244 g/mol. The van der Waals surface area contributed by atoms with Gasteiger partial charge < -0.3 is 10.6 Å². The van der Waals surface area contributed by atoms with Crippen LogP contribution in [0.25, 0.3) is 0 Å². The third-order valence-corrected chi connectivity index (χ3v) is 3.82. The van der Waals surface area contributed by atoms with E-state index in [2.05, 4.69) is 11.9 Å². The molecule has 2 heterocycles. The lowest BCUT2D eigenvalue weighted by molar-refractivity contribution is -0.384. The molecule has 6 nitrogen and oxygen atoms in total. The van der Waals surface area contributed by atoms with Crippen LogP contribution in [0.4, 0.5) is 11.5 Å².